The molecule has 1 heterocycles. The summed E-state index contributed by atoms with van der Waals surface area (Å²) in [4.78, 5) is 0. The fourth-order valence-corrected chi connectivity index (χ4v) is 2.77. The summed E-state index contributed by atoms with van der Waals surface area (Å²) in [6.45, 7) is 3.24. The van der Waals surface area contributed by atoms with E-state index in [1.54, 1.807) is 0 Å². The average molecular weight is 223 g/mol. The van der Waals surface area contributed by atoms with E-state index in [4.69, 9.17) is 4.74 Å². The second-order valence-corrected chi connectivity index (χ2v) is 5.40. The molecule has 0 radical (unpaired) electrons. The molecule has 1 aliphatic rings. The number of hydrogen-bond donors (Lipinski definition) is 1. The summed E-state index contributed by atoms with van der Waals surface area (Å²) in [7, 11) is -3.22. The van der Waals surface area contributed by atoms with E-state index in [1.165, 1.54) is 4.31 Å². The van der Waals surface area contributed by atoms with Crippen molar-refractivity contribution < 1.29 is 18.3 Å². The Morgan fingerprint density at radius 3 is 2.79 bits per heavy atom. The van der Waals surface area contributed by atoms with Gasteiger partial charge in [0.05, 0.1) is 18.5 Å². The molecule has 0 saturated carbocycles. The van der Waals surface area contributed by atoms with E-state index in [1.807, 2.05) is 6.92 Å². The van der Waals surface area contributed by atoms with Crippen molar-refractivity contribution in [3.8, 4) is 0 Å². The van der Waals surface area contributed by atoms with Crippen LogP contribution in [0.4, 0.5) is 0 Å². The molecular weight excluding hydrogens is 206 g/mol. The molecule has 1 N–H and O–H groups in total. The summed E-state index contributed by atoms with van der Waals surface area (Å²) >= 11 is 0. The number of β-amino-alcohol motifs (C(OH)–C–C–N with tert-alkyl or cyclic N) is 1. The number of aliphatic hydroxyl groups is 1. The molecule has 1 saturated heterocycles. The van der Waals surface area contributed by atoms with Crippen LogP contribution in [-0.4, -0.2) is 56.0 Å². The van der Waals surface area contributed by atoms with Crippen LogP contribution in [0.15, 0.2) is 0 Å². The highest BCUT2D eigenvalue weighted by molar-refractivity contribution is 7.89. The minimum atomic E-state index is -3.22. The topological polar surface area (TPSA) is 66.8 Å². The second kappa shape index (κ2) is 5.06. The molecule has 1 atom stereocenters. The van der Waals surface area contributed by atoms with E-state index in [2.05, 4.69) is 0 Å². The fraction of sp³-hybridized carbons (Fsp3) is 1.00. The predicted octanol–water partition coefficient (Wildman–Crippen LogP) is -0.581. The lowest BCUT2D eigenvalue weighted by atomic mass is 10.3. The Morgan fingerprint density at radius 1 is 1.57 bits per heavy atom. The van der Waals surface area contributed by atoms with Crippen molar-refractivity contribution in [2.45, 2.75) is 19.4 Å². The molecule has 0 amide bonds. The van der Waals surface area contributed by atoms with Gasteiger partial charge >= 0.3 is 0 Å². The van der Waals surface area contributed by atoms with Crippen LogP contribution < -0.4 is 0 Å². The van der Waals surface area contributed by atoms with Crippen LogP contribution in [0, 0.1) is 0 Å². The smallest absolute Gasteiger partial charge is 0.216 e. The van der Waals surface area contributed by atoms with Crippen molar-refractivity contribution in [3.63, 3.8) is 0 Å². The van der Waals surface area contributed by atoms with Crippen molar-refractivity contribution in [2.24, 2.45) is 0 Å². The van der Waals surface area contributed by atoms with Gasteiger partial charge in [0.1, 0.15) is 0 Å². The average Bonchev–Trinajstić information content (AvgIpc) is 2.53. The van der Waals surface area contributed by atoms with E-state index in [9.17, 15) is 13.5 Å². The Balaban J connectivity index is 2.41. The third kappa shape index (κ3) is 3.20. The SMILES string of the molecule is CCOCCS(=O)(=O)N1CC[C@H](O)C1. The van der Waals surface area contributed by atoms with Gasteiger partial charge in [0.2, 0.25) is 10.0 Å². The zero-order valence-electron chi connectivity index (χ0n) is 8.35. The minimum absolute atomic E-state index is 0.00750. The number of ether oxygens (including phenoxy) is 1. The molecule has 1 fully saturated rings. The van der Waals surface area contributed by atoms with E-state index in [-0.39, 0.29) is 18.9 Å². The van der Waals surface area contributed by atoms with Crippen molar-refractivity contribution in [1.82, 2.24) is 4.31 Å². The van der Waals surface area contributed by atoms with E-state index in [0.29, 0.717) is 19.6 Å². The maximum absolute atomic E-state index is 11.6. The molecular formula is C8H17NO4S. The molecule has 0 unspecified atom stereocenters. The zero-order chi connectivity index (χ0) is 10.6. The van der Waals surface area contributed by atoms with Gasteiger partial charge in [-0.1, -0.05) is 0 Å². The zero-order valence-corrected chi connectivity index (χ0v) is 9.16. The van der Waals surface area contributed by atoms with Crippen molar-refractivity contribution >= 4 is 10.0 Å². The van der Waals surface area contributed by atoms with Gasteiger partial charge in [-0.25, -0.2) is 8.42 Å². The Kier molecular flexibility index (Phi) is 4.31. The van der Waals surface area contributed by atoms with Crippen molar-refractivity contribution in [1.29, 1.82) is 0 Å². The molecule has 1 aliphatic heterocycles. The van der Waals surface area contributed by atoms with Gasteiger partial charge in [-0.3, -0.25) is 0 Å². The molecule has 0 spiro atoms. The molecule has 0 aliphatic carbocycles. The van der Waals surface area contributed by atoms with Crippen LogP contribution in [-0.2, 0) is 14.8 Å². The summed E-state index contributed by atoms with van der Waals surface area (Å²) in [5.74, 6) is 0.00750. The molecule has 0 aromatic rings. The predicted molar refractivity (Wildman–Crippen MR) is 52.5 cm³/mol. The first-order chi connectivity index (χ1) is 6.56. The van der Waals surface area contributed by atoms with Gasteiger partial charge in [-0.2, -0.15) is 4.31 Å². The summed E-state index contributed by atoms with van der Waals surface area (Å²) < 4.78 is 29.5. The quantitative estimate of drug-likeness (QED) is 0.633. The second-order valence-electron chi connectivity index (χ2n) is 3.31. The lowest BCUT2D eigenvalue weighted by Crippen LogP contribution is -2.33. The van der Waals surface area contributed by atoms with Gasteiger partial charge in [-0.15, -0.1) is 0 Å². The lowest BCUT2D eigenvalue weighted by molar-refractivity contribution is 0.162. The summed E-state index contributed by atoms with van der Waals surface area (Å²) in [5, 5.41) is 9.20. The van der Waals surface area contributed by atoms with Crippen LogP contribution in [0.1, 0.15) is 13.3 Å². The van der Waals surface area contributed by atoms with E-state index < -0.39 is 16.1 Å². The molecule has 6 heteroatoms. The summed E-state index contributed by atoms with van der Waals surface area (Å²) in [6, 6.07) is 0. The number of nitrogens with zero attached hydrogens (tertiary/aromatic N) is 1. The van der Waals surface area contributed by atoms with E-state index in [0.717, 1.165) is 0 Å². The largest absolute Gasteiger partial charge is 0.392 e. The Bertz CT molecular complexity index is 265. The Hall–Kier alpha value is -0.170. The monoisotopic (exact) mass is 223 g/mol. The normalized spacial score (nSPS) is 24.3. The first-order valence-corrected chi connectivity index (χ1v) is 6.41. The molecule has 5 nitrogen and oxygen atoms in total. The lowest BCUT2D eigenvalue weighted by Gasteiger charge is -2.15. The molecule has 1 rings (SSSR count). The van der Waals surface area contributed by atoms with E-state index >= 15 is 0 Å². The highest BCUT2D eigenvalue weighted by Gasteiger charge is 2.29. The number of hydrogen-bond acceptors (Lipinski definition) is 4. The molecule has 0 aromatic heterocycles. The van der Waals surface area contributed by atoms with Crippen LogP contribution in [0.25, 0.3) is 0 Å². The standard InChI is InChI=1S/C8H17NO4S/c1-2-13-5-6-14(11,12)9-4-3-8(10)7-9/h8,10H,2-7H2,1H3/t8-/m0/s1. The third-order valence-electron chi connectivity index (χ3n) is 2.21. The number of sulfonamides is 1. The van der Waals surface area contributed by atoms with Crippen LogP contribution in [0.2, 0.25) is 0 Å². The highest BCUT2D eigenvalue weighted by atomic mass is 32.2. The minimum Gasteiger partial charge on any atom is -0.392 e. The summed E-state index contributed by atoms with van der Waals surface area (Å²) in [5.41, 5.74) is 0. The number of rotatable bonds is 5. The van der Waals surface area contributed by atoms with Gasteiger partial charge in [-0.05, 0) is 13.3 Å². The van der Waals surface area contributed by atoms with Gasteiger partial charge in [0, 0.05) is 19.7 Å². The highest BCUT2D eigenvalue weighted by Crippen LogP contribution is 2.13. The van der Waals surface area contributed by atoms with Crippen LogP contribution in [0.3, 0.4) is 0 Å². The summed E-state index contributed by atoms with van der Waals surface area (Å²) in [6.07, 6.45) is 0.0327. The van der Waals surface area contributed by atoms with Gasteiger partial charge < -0.3 is 9.84 Å². The Labute approximate surface area is 84.7 Å². The maximum Gasteiger partial charge on any atom is 0.216 e. The molecule has 84 valence electrons. The number of aliphatic hydroxyl groups excluding tert-OH is 1. The van der Waals surface area contributed by atoms with Crippen LogP contribution in [0.5, 0.6) is 0 Å². The first-order valence-electron chi connectivity index (χ1n) is 4.80. The first kappa shape index (κ1) is 11.9. The third-order valence-corrected chi connectivity index (χ3v) is 4.01. The van der Waals surface area contributed by atoms with Gasteiger partial charge in [0.25, 0.3) is 0 Å². The fourth-order valence-electron chi connectivity index (χ4n) is 1.40. The molecule has 0 aromatic carbocycles. The van der Waals surface area contributed by atoms with Crippen molar-refractivity contribution in [3.05, 3.63) is 0 Å². The molecule has 0 bridgehead atoms. The molecule has 14 heavy (non-hydrogen) atoms. The van der Waals surface area contributed by atoms with Crippen molar-refractivity contribution in [2.75, 3.05) is 32.1 Å². The Morgan fingerprint density at radius 2 is 2.29 bits per heavy atom. The maximum atomic E-state index is 11.6. The van der Waals surface area contributed by atoms with Gasteiger partial charge in [0.15, 0.2) is 0 Å². The van der Waals surface area contributed by atoms with Crippen LogP contribution >= 0.6 is 0 Å².